The second kappa shape index (κ2) is 6.79. The Morgan fingerprint density at radius 3 is 2.59 bits per heavy atom. The van der Waals surface area contributed by atoms with Gasteiger partial charge in [-0.15, -0.1) is 0 Å². The number of likely N-dealkylation sites (N-methyl/N-ethyl adjacent to an activating group) is 1. The van der Waals surface area contributed by atoms with Crippen LogP contribution in [-0.2, 0) is 4.79 Å². The number of benzene rings is 2. The van der Waals surface area contributed by atoms with Gasteiger partial charge < -0.3 is 15.4 Å². The number of carbonyl (C=O) groups excluding carboxylic acids is 1. The van der Waals surface area contributed by atoms with E-state index >= 15 is 0 Å². The molecule has 0 aliphatic rings. The fourth-order valence-electron chi connectivity index (χ4n) is 2.37. The molecule has 0 aliphatic carbocycles. The van der Waals surface area contributed by atoms with Crippen molar-refractivity contribution in [2.45, 2.75) is 13.8 Å². The van der Waals surface area contributed by atoms with Crippen molar-refractivity contribution in [3.8, 4) is 5.75 Å². The summed E-state index contributed by atoms with van der Waals surface area (Å²) in [6, 6.07) is 13.8. The number of nitrogens with two attached hydrogens (primary N) is 1. The van der Waals surface area contributed by atoms with Crippen molar-refractivity contribution >= 4 is 16.7 Å². The second-order valence-corrected chi connectivity index (χ2v) is 6.38. The van der Waals surface area contributed by atoms with Gasteiger partial charge in [0.2, 0.25) is 0 Å². The molecule has 2 aromatic rings. The van der Waals surface area contributed by atoms with Crippen molar-refractivity contribution in [1.29, 1.82) is 0 Å². The Morgan fingerprint density at radius 1 is 1.18 bits per heavy atom. The molecule has 0 spiro atoms. The Balaban J connectivity index is 2.01. The van der Waals surface area contributed by atoms with Crippen LogP contribution in [0.3, 0.4) is 0 Å². The summed E-state index contributed by atoms with van der Waals surface area (Å²) in [6.07, 6.45) is 0. The molecule has 0 bridgehead atoms. The number of ether oxygens (including phenoxy) is 1. The summed E-state index contributed by atoms with van der Waals surface area (Å²) >= 11 is 0. The zero-order valence-electron chi connectivity index (χ0n) is 13.5. The van der Waals surface area contributed by atoms with Gasteiger partial charge in [0.15, 0.2) is 6.61 Å². The molecule has 0 unspecified atom stereocenters. The van der Waals surface area contributed by atoms with E-state index in [1.54, 1.807) is 11.9 Å². The first-order valence-corrected chi connectivity index (χ1v) is 7.47. The van der Waals surface area contributed by atoms with E-state index in [0.29, 0.717) is 13.1 Å². The third-order valence-corrected chi connectivity index (χ3v) is 3.74. The number of nitrogens with zero attached hydrogens (tertiary/aromatic N) is 1. The van der Waals surface area contributed by atoms with E-state index in [4.69, 9.17) is 10.5 Å². The summed E-state index contributed by atoms with van der Waals surface area (Å²) in [5.41, 5.74) is 5.62. The fraction of sp³-hybridized carbons (Fsp3) is 0.389. The van der Waals surface area contributed by atoms with Crippen LogP contribution in [0.25, 0.3) is 10.8 Å². The van der Waals surface area contributed by atoms with Crippen molar-refractivity contribution < 1.29 is 9.53 Å². The van der Waals surface area contributed by atoms with Gasteiger partial charge in [-0.3, -0.25) is 4.79 Å². The van der Waals surface area contributed by atoms with Gasteiger partial charge in [0.25, 0.3) is 5.91 Å². The van der Waals surface area contributed by atoms with Crippen LogP contribution in [0.2, 0.25) is 0 Å². The first-order valence-electron chi connectivity index (χ1n) is 7.47. The number of amides is 1. The van der Waals surface area contributed by atoms with Crippen LogP contribution >= 0.6 is 0 Å². The first kappa shape index (κ1) is 16.3. The third kappa shape index (κ3) is 3.98. The molecule has 2 N–H and O–H groups in total. The lowest BCUT2D eigenvalue weighted by Gasteiger charge is -2.29. The van der Waals surface area contributed by atoms with Gasteiger partial charge in [-0.1, -0.05) is 50.2 Å². The largest absolute Gasteiger partial charge is 0.483 e. The molecular formula is C18H24N2O2. The van der Waals surface area contributed by atoms with Gasteiger partial charge in [0, 0.05) is 19.0 Å². The minimum absolute atomic E-state index is 0.0329. The van der Waals surface area contributed by atoms with Gasteiger partial charge in [-0.25, -0.2) is 0 Å². The minimum atomic E-state index is -0.0934. The number of hydrogen-bond donors (Lipinski definition) is 1. The molecule has 0 aliphatic heterocycles. The third-order valence-electron chi connectivity index (χ3n) is 3.74. The zero-order chi connectivity index (χ0) is 16.2. The van der Waals surface area contributed by atoms with Crippen molar-refractivity contribution in [3.05, 3.63) is 42.5 Å². The highest BCUT2D eigenvalue weighted by Crippen LogP contribution is 2.25. The first-order chi connectivity index (χ1) is 10.4. The Hall–Kier alpha value is -2.07. The van der Waals surface area contributed by atoms with Gasteiger partial charge in [0.05, 0.1) is 0 Å². The highest BCUT2D eigenvalue weighted by Gasteiger charge is 2.21. The lowest BCUT2D eigenvalue weighted by atomic mass is 9.93. The van der Waals surface area contributed by atoms with E-state index in [1.165, 1.54) is 0 Å². The van der Waals surface area contributed by atoms with Gasteiger partial charge >= 0.3 is 0 Å². The van der Waals surface area contributed by atoms with E-state index in [0.717, 1.165) is 16.5 Å². The van der Waals surface area contributed by atoms with Crippen LogP contribution in [-0.4, -0.2) is 37.6 Å². The molecule has 0 saturated heterocycles. The SMILES string of the molecule is CN(CC(C)(C)CN)C(=O)COc1cccc2ccccc12. The van der Waals surface area contributed by atoms with Crippen molar-refractivity contribution in [3.63, 3.8) is 0 Å². The fourth-order valence-corrected chi connectivity index (χ4v) is 2.37. The van der Waals surface area contributed by atoms with Crippen molar-refractivity contribution in [2.75, 3.05) is 26.7 Å². The molecular weight excluding hydrogens is 276 g/mol. The highest BCUT2D eigenvalue weighted by molar-refractivity contribution is 5.88. The van der Waals surface area contributed by atoms with Gasteiger partial charge in [-0.2, -0.15) is 0 Å². The molecule has 0 saturated carbocycles. The Kier molecular flexibility index (Phi) is 5.03. The van der Waals surface area contributed by atoms with Crippen molar-refractivity contribution in [1.82, 2.24) is 4.90 Å². The van der Waals surface area contributed by atoms with Gasteiger partial charge in [0.1, 0.15) is 5.75 Å². The molecule has 2 aromatic carbocycles. The van der Waals surface area contributed by atoms with E-state index in [1.807, 2.05) is 56.3 Å². The molecule has 4 nitrogen and oxygen atoms in total. The number of rotatable bonds is 6. The van der Waals surface area contributed by atoms with Crippen LogP contribution in [0.1, 0.15) is 13.8 Å². The quantitative estimate of drug-likeness (QED) is 0.892. The van der Waals surface area contributed by atoms with E-state index < -0.39 is 0 Å². The summed E-state index contributed by atoms with van der Waals surface area (Å²) in [4.78, 5) is 13.9. The topological polar surface area (TPSA) is 55.6 Å². The monoisotopic (exact) mass is 300 g/mol. The molecule has 0 heterocycles. The van der Waals surface area contributed by atoms with E-state index in [2.05, 4.69) is 0 Å². The molecule has 0 fully saturated rings. The van der Waals surface area contributed by atoms with Crippen LogP contribution in [0.5, 0.6) is 5.75 Å². The number of hydrogen-bond acceptors (Lipinski definition) is 3. The van der Waals surface area contributed by atoms with Crippen molar-refractivity contribution in [2.24, 2.45) is 11.1 Å². The summed E-state index contributed by atoms with van der Waals surface area (Å²) < 4.78 is 5.73. The Morgan fingerprint density at radius 2 is 1.86 bits per heavy atom. The maximum absolute atomic E-state index is 12.2. The van der Waals surface area contributed by atoms with Gasteiger partial charge in [-0.05, 0) is 23.4 Å². The average molecular weight is 300 g/mol. The molecule has 1 amide bonds. The minimum Gasteiger partial charge on any atom is -0.483 e. The lowest BCUT2D eigenvalue weighted by Crippen LogP contribution is -2.41. The average Bonchev–Trinajstić information content (AvgIpc) is 2.52. The zero-order valence-corrected chi connectivity index (χ0v) is 13.5. The Labute approximate surface area is 131 Å². The standard InChI is InChI=1S/C18H24N2O2/c1-18(2,12-19)13-20(3)17(21)11-22-16-10-6-8-14-7-4-5-9-15(14)16/h4-10H,11-13,19H2,1-3H3. The molecule has 118 valence electrons. The smallest absolute Gasteiger partial charge is 0.260 e. The number of fused-ring (bicyclic) bond motifs is 1. The van der Waals surface area contributed by atoms with Crippen LogP contribution in [0.4, 0.5) is 0 Å². The predicted molar refractivity (Wildman–Crippen MR) is 89.9 cm³/mol. The normalized spacial score (nSPS) is 11.5. The summed E-state index contributed by atoms with van der Waals surface area (Å²) in [5, 5.41) is 2.12. The van der Waals surface area contributed by atoms with Crippen LogP contribution < -0.4 is 10.5 Å². The molecule has 22 heavy (non-hydrogen) atoms. The molecule has 2 rings (SSSR count). The highest BCUT2D eigenvalue weighted by atomic mass is 16.5. The van der Waals surface area contributed by atoms with E-state index in [-0.39, 0.29) is 17.9 Å². The number of carbonyl (C=O) groups is 1. The van der Waals surface area contributed by atoms with Crippen LogP contribution in [0.15, 0.2) is 42.5 Å². The lowest BCUT2D eigenvalue weighted by molar-refractivity contribution is -0.133. The summed E-state index contributed by atoms with van der Waals surface area (Å²) in [5.74, 6) is 0.687. The Bertz CT molecular complexity index is 647. The summed E-state index contributed by atoms with van der Waals surface area (Å²) in [7, 11) is 1.78. The second-order valence-electron chi connectivity index (χ2n) is 6.38. The molecule has 0 aromatic heterocycles. The maximum Gasteiger partial charge on any atom is 0.260 e. The molecule has 0 atom stereocenters. The molecule has 4 heteroatoms. The molecule has 0 radical (unpaired) electrons. The van der Waals surface area contributed by atoms with Crippen LogP contribution in [0, 0.1) is 5.41 Å². The van der Waals surface area contributed by atoms with E-state index in [9.17, 15) is 4.79 Å². The predicted octanol–water partition coefficient (Wildman–Crippen LogP) is 2.66. The summed E-state index contributed by atoms with van der Waals surface area (Å²) in [6.45, 7) is 5.27. The maximum atomic E-state index is 12.2.